The van der Waals surface area contributed by atoms with Crippen molar-refractivity contribution in [3.05, 3.63) is 36.0 Å². The van der Waals surface area contributed by atoms with Crippen LogP contribution in [0.2, 0.25) is 0 Å². The molecule has 2 unspecified atom stereocenters. The lowest BCUT2D eigenvalue weighted by Crippen LogP contribution is -2.64. The summed E-state index contributed by atoms with van der Waals surface area (Å²) in [5, 5.41) is 13.6. The van der Waals surface area contributed by atoms with Crippen molar-refractivity contribution < 1.29 is 24.0 Å². The Morgan fingerprint density at radius 3 is 2.40 bits per heavy atom. The number of hydrogen-bond acceptors (Lipinski definition) is 6. The molecule has 0 saturated carbocycles. The van der Waals surface area contributed by atoms with Gasteiger partial charge in [-0.25, -0.2) is 0 Å². The Balaban J connectivity index is 1.61. The van der Waals surface area contributed by atoms with E-state index in [0.29, 0.717) is 31.8 Å². The molecule has 1 aromatic carbocycles. The molecular weight excluding hydrogens is 608 g/mol. The molecule has 3 heterocycles. The zero-order valence-corrected chi connectivity index (χ0v) is 29.7. The maximum absolute atomic E-state index is 14.1. The highest BCUT2D eigenvalue weighted by molar-refractivity contribution is 5.98. The third-order valence-corrected chi connectivity index (χ3v) is 10.2. The summed E-state index contributed by atoms with van der Waals surface area (Å²) in [5.41, 5.74) is 1.67. The lowest BCUT2D eigenvalue weighted by atomic mass is 9.93. The number of aromatic nitrogens is 1. The maximum Gasteiger partial charge on any atom is 0.246 e. The zero-order chi connectivity index (χ0) is 34.6. The highest BCUT2D eigenvalue weighted by Crippen LogP contribution is 2.24. The molecule has 2 aliphatic rings. The molecule has 0 bridgehead atoms. The predicted molar refractivity (Wildman–Crippen MR) is 188 cm³/mol. The molecule has 0 aliphatic carbocycles. The van der Waals surface area contributed by atoms with Gasteiger partial charge in [0, 0.05) is 30.6 Å². The molecule has 0 spiro atoms. The Hall–Kier alpha value is -3.60. The topological polar surface area (TPSA) is 134 Å². The van der Waals surface area contributed by atoms with E-state index in [1.807, 2.05) is 44.3 Å². The molecule has 2 saturated heterocycles. The minimum atomic E-state index is -0.973. The van der Waals surface area contributed by atoms with Gasteiger partial charge in [-0.3, -0.25) is 19.2 Å². The van der Waals surface area contributed by atoms with E-state index in [1.54, 1.807) is 16.7 Å². The van der Waals surface area contributed by atoms with Gasteiger partial charge in [0.2, 0.25) is 23.6 Å². The van der Waals surface area contributed by atoms with Crippen molar-refractivity contribution in [1.82, 2.24) is 30.9 Å². The number of fused-ring (bicyclic) bond motifs is 2. The van der Waals surface area contributed by atoms with Crippen molar-refractivity contribution in [3.8, 4) is 0 Å². The predicted octanol–water partition coefficient (Wildman–Crippen LogP) is 3.87. The molecule has 2 aliphatic heterocycles. The van der Waals surface area contributed by atoms with Gasteiger partial charge in [0.15, 0.2) is 0 Å². The van der Waals surface area contributed by atoms with E-state index in [2.05, 4.69) is 35.1 Å². The van der Waals surface area contributed by atoms with E-state index in [9.17, 15) is 19.2 Å². The first-order valence-electron chi connectivity index (χ1n) is 18.3. The molecule has 4 rings (SSSR count). The van der Waals surface area contributed by atoms with Crippen molar-refractivity contribution in [2.45, 2.75) is 135 Å². The van der Waals surface area contributed by atoms with Crippen LogP contribution in [0.15, 0.2) is 30.5 Å². The van der Waals surface area contributed by atoms with Gasteiger partial charge in [-0.05, 0) is 69.0 Å². The van der Waals surface area contributed by atoms with Crippen LogP contribution in [-0.4, -0.2) is 83.7 Å². The maximum atomic E-state index is 14.1. The van der Waals surface area contributed by atoms with Gasteiger partial charge in [-0.1, -0.05) is 71.6 Å². The number of nitrogens with one attached hydrogen (secondary N) is 4. The van der Waals surface area contributed by atoms with Gasteiger partial charge >= 0.3 is 0 Å². The summed E-state index contributed by atoms with van der Waals surface area (Å²) in [5.74, 6) is -1.51. The van der Waals surface area contributed by atoms with Crippen LogP contribution in [0.5, 0.6) is 0 Å². The Morgan fingerprint density at radius 1 is 0.917 bits per heavy atom. The Bertz CT molecular complexity index is 1380. The first-order chi connectivity index (χ1) is 23.2. The highest BCUT2D eigenvalue weighted by Gasteiger charge is 2.41. The first kappa shape index (κ1) is 37.2. The van der Waals surface area contributed by atoms with Crippen LogP contribution in [0.3, 0.4) is 0 Å². The SMILES string of the molecule is CCCNC(CC)CCCCC[C@@H]1NC(=O)[C@H]2CCCCN2C(=O)[C@H](C(C)CC)NC(=O)[C@H](Cc2cn(OC)c3ccccc23)NC1=O. The fourth-order valence-electron chi connectivity index (χ4n) is 7.07. The van der Waals surface area contributed by atoms with E-state index < -0.39 is 30.1 Å². The van der Waals surface area contributed by atoms with Crippen LogP contribution in [0, 0.1) is 5.92 Å². The Kier molecular flexibility index (Phi) is 14.1. The van der Waals surface area contributed by atoms with Gasteiger partial charge in [0.05, 0.1) is 5.52 Å². The van der Waals surface area contributed by atoms with Crippen molar-refractivity contribution >= 4 is 34.5 Å². The largest absolute Gasteiger partial charge is 0.417 e. The van der Waals surface area contributed by atoms with Crippen molar-refractivity contribution in [2.24, 2.45) is 5.92 Å². The van der Waals surface area contributed by atoms with Crippen LogP contribution in [-0.2, 0) is 25.6 Å². The van der Waals surface area contributed by atoms with Crippen molar-refractivity contribution in [1.29, 1.82) is 0 Å². The Morgan fingerprint density at radius 2 is 1.67 bits per heavy atom. The number of hydrogen-bond donors (Lipinski definition) is 4. The summed E-state index contributed by atoms with van der Waals surface area (Å²) < 4.78 is 1.64. The fourth-order valence-corrected chi connectivity index (χ4v) is 7.07. The number of nitrogens with zero attached hydrogens (tertiary/aromatic N) is 2. The third-order valence-electron chi connectivity index (χ3n) is 10.2. The molecule has 266 valence electrons. The summed E-state index contributed by atoms with van der Waals surface area (Å²) in [7, 11) is 1.58. The Labute approximate surface area is 286 Å². The number of unbranched alkanes of at least 4 members (excludes halogenated alkanes) is 2. The van der Waals surface area contributed by atoms with Crippen molar-refractivity contribution in [3.63, 3.8) is 0 Å². The van der Waals surface area contributed by atoms with E-state index in [0.717, 1.165) is 74.4 Å². The molecule has 4 N–H and O–H groups in total. The fraction of sp³-hybridized carbons (Fsp3) is 0.676. The standard InChI is InChI=1S/C37H58N6O5/c1-6-21-38-27(8-3)16-10-9-11-18-29-34(44)40-30(23-26-24-43(48-5)31-19-13-12-17-28(26)31)35(45)41-33(25(4)7-2)37(47)42-22-15-14-20-32(42)36(46)39-29/h12-13,17,19,24-25,27,29-30,32-33,38H,6-11,14-16,18,20-23H2,1-5H3,(H,39,46)(H,40,44)(H,41,45)/t25?,27?,29-,30-,32+,33-/m0/s1. The molecule has 6 atom stereocenters. The second kappa shape index (κ2) is 18.2. The summed E-state index contributed by atoms with van der Waals surface area (Å²) in [6, 6.07) is 4.93. The minimum absolute atomic E-state index is 0.168. The van der Waals surface area contributed by atoms with E-state index in [1.165, 1.54) is 0 Å². The van der Waals surface area contributed by atoms with Crippen LogP contribution < -0.4 is 26.1 Å². The number of carbonyl (C=O) groups is 4. The van der Waals surface area contributed by atoms with Crippen LogP contribution in [0.25, 0.3) is 10.9 Å². The molecule has 2 aromatic rings. The van der Waals surface area contributed by atoms with Crippen molar-refractivity contribution in [2.75, 3.05) is 20.2 Å². The van der Waals surface area contributed by atoms with Crippen LogP contribution >= 0.6 is 0 Å². The number of rotatable bonds is 15. The highest BCUT2D eigenvalue weighted by atomic mass is 16.6. The number of piperidine rings is 1. The van der Waals surface area contributed by atoms with Gasteiger partial charge in [0.25, 0.3) is 0 Å². The molecule has 2 fully saturated rings. The quantitative estimate of drug-likeness (QED) is 0.214. The van der Waals surface area contributed by atoms with Gasteiger partial charge < -0.3 is 31.0 Å². The average Bonchev–Trinajstić information content (AvgIpc) is 3.46. The molecular formula is C37H58N6O5. The average molecular weight is 667 g/mol. The third kappa shape index (κ3) is 9.30. The summed E-state index contributed by atoms with van der Waals surface area (Å²) in [4.78, 5) is 63.4. The van der Waals surface area contributed by atoms with E-state index in [-0.39, 0.29) is 30.1 Å². The second-order valence-electron chi connectivity index (χ2n) is 13.6. The molecule has 4 amide bonds. The molecule has 1 aromatic heterocycles. The van der Waals surface area contributed by atoms with Gasteiger partial charge in [-0.15, -0.1) is 0 Å². The smallest absolute Gasteiger partial charge is 0.246 e. The molecule has 48 heavy (non-hydrogen) atoms. The van der Waals surface area contributed by atoms with E-state index in [4.69, 9.17) is 4.84 Å². The van der Waals surface area contributed by atoms with Crippen LogP contribution in [0.4, 0.5) is 0 Å². The van der Waals surface area contributed by atoms with Crippen LogP contribution in [0.1, 0.15) is 104 Å². The molecule has 11 nitrogen and oxygen atoms in total. The van der Waals surface area contributed by atoms with Gasteiger partial charge in [-0.2, -0.15) is 4.73 Å². The van der Waals surface area contributed by atoms with Gasteiger partial charge in [0.1, 0.15) is 31.3 Å². The number of carbonyl (C=O) groups excluding carboxylic acids is 4. The number of para-hydroxylation sites is 1. The van der Waals surface area contributed by atoms with E-state index >= 15 is 0 Å². The second-order valence-corrected chi connectivity index (χ2v) is 13.6. The lowest BCUT2D eigenvalue weighted by molar-refractivity contribution is -0.147. The summed E-state index contributed by atoms with van der Waals surface area (Å²) >= 11 is 0. The monoisotopic (exact) mass is 666 g/mol. The zero-order valence-electron chi connectivity index (χ0n) is 29.7. The minimum Gasteiger partial charge on any atom is -0.417 e. The molecule has 11 heteroatoms. The number of amides is 4. The number of benzene rings is 1. The first-order valence-corrected chi connectivity index (χ1v) is 18.3. The normalized spacial score (nSPS) is 23.7. The molecule has 0 radical (unpaired) electrons. The lowest BCUT2D eigenvalue weighted by Gasteiger charge is -2.39. The summed E-state index contributed by atoms with van der Waals surface area (Å²) in [6.45, 7) is 9.73. The summed E-state index contributed by atoms with van der Waals surface area (Å²) in [6.07, 6.45) is 11.2.